The van der Waals surface area contributed by atoms with Crippen molar-refractivity contribution in [3.63, 3.8) is 0 Å². The van der Waals surface area contributed by atoms with Crippen LogP contribution >= 0.6 is 0 Å². The maximum absolute atomic E-state index is 13.2. The molecule has 0 saturated heterocycles. The van der Waals surface area contributed by atoms with Crippen LogP contribution in [0.1, 0.15) is 16.7 Å². The van der Waals surface area contributed by atoms with Gasteiger partial charge in [0.25, 0.3) is 0 Å². The molecular formula is C25H18F3NO3. The standard InChI is InChI=1S/C25H18F3NO3/c1-15-23-17(13-29(14-31-23)19-9-5-8-18(11-19)25(26,27)28)10-21-20(12-22(30)32-24(15)21)16-6-3-2-4-7-16/h2-12H,13-14H2,1H3. The third kappa shape index (κ3) is 3.49. The predicted octanol–water partition coefficient (Wildman–Crippen LogP) is 6.14. The summed E-state index contributed by atoms with van der Waals surface area (Å²) < 4.78 is 50.9. The number of benzene rings is 3. The van der Waals surface area contributed by atoms with Gasteiger partial charge in [-0.25, -0.2) is 4.79 Å². The summed E-state index contributed by atoms with van der Waals surface area (Å²) in [4.78, 5) is 14.0. The van der Waals surface area contributed by atoms with Gasteiger partial charge >= 0.3 is 11.8 Å². The quantitative estimate of drug-likeness (QED) is 0.353. The van der Waals surface area contributed by atoms with Gasteiger partial charge in [0.05, 0.1) is 5.56 Å². The smallest absolute Gasteiger partial charge is 0.416 e. The zero-order valence-electron chi connectivity index (χ0n) is 17.1. The molecule has 0 bridgehead atoms. The molecule has 4 nitrogen and oxygen atoms in total. The molecule has 1 aromatic heterocycles. The van der Waals surface area contributed by atoms with Crippen molar-refractivity contribution in [1.82, 2.24) is 0 Å². The molecule has 162 valence electrons. The molecule has 0 aliphatic carbocycles. The van der Waals surface area contributed by atoms with Crippen molar-refractivity contribution < 1.29 is 22.3 Å². The minimum absolute atomic E-state index is 0.0866. The normalized spacial score (nSPS) is 13.7. The average Bonchev–Trinajstić information content (AvgIpc) is 2.79. The second kappa shape index (κ2) is 7.44. The van der Waals surface area contributed by atoms with E-state index in [1.165, 1.54) is 12.1 Å². The SMILES string of the molecule is Cc1c2c(cc3c(-c4ccccc4)cc(=O)oc13)CN(c1cccc(C(F)(F)F)c1)CO2. The molecule has 0 unspecified atom stereocenters. The van der Waals surface area contributed by atoms with Crippen molar-refractivity contribution in [2.45, 2.75) is 19.6 Å². The number of aryl methyl sites for hydroxylation is 1. The Hall–Kier alpha value is -3.74. The Morgan fingerprint density at radius 3 is 2.50 bits per heavy atom. The van der Waals surface area contributed by atoms with E-state index in [4.69, 9.17) is 9.15 Å². The Kier molecular flexibility index (Phi) is 4.69. The summed E-state index contributed by atoms with van der Waals surface area (Å²) in [7, 11) is 0. The first-order chi connectivity index (χ1) is 15.3. The molecule has 5 rings (SSSR count). The molecule has 0 amide bonds. The van der Waals surface area contributed by atoms with E-state index in [0.717, 1.165) is 34.2 Å². The Balaban J connectivity index is 1.62. The van der Waals surface area contributed by atoms with E-state index in [1.807, 2.05) is 43.3 Å². The van der Waals surface area contributed by atoms with Crippen LogP contribution in [0.15, 0.2) is 75.9 Å². The fourth-order valence-electron chi connectivity index (χ4n) is 4.12. The molecule has 1 aliphatic rings. The van der Waals surface area contributed by atoms with Crippen LogP contribution in [0.3, 0.4) is 0 Å². The van der Waals surface area contributed by atoms with Gasteiger partial charge in [0.15, 0.2) is 6.73 Å². The molecule has 3 aromatic carbocycles. The number of rotatable bonds is 2. The monoisotopic (exact) mass is 437 g/mol. The zero-order valence-corrected chi connectivity index (χ0v) is 17.1. The molecule has 1 aliphatic heterocycles. The third-order valence-corrected chi connectivity index (χ3v) is 5.64. The number of hydrogen-bond acceptors (Lipinski definition) is 4. The summed E-state index contributed by atoms with van der Waals surface area (Å²) >= 11 is 0. The van der Waals surface area contributed by atoms with E-state index in [2.05, 4.69) is 0 Å². The highest BCUT2D eigenvalue weighted by molar-refractivity contribution is 5.96. The molecular weight excluding hydrogens is 419 g/mol. The van der Waals surface area contributed by atoms with Crippen LogP contribution in [-0.2, 0) is 12.7 Å². The molecule has 0 radical (unpaired) electrons. The summed E-state index contributed by atoms with van der Waals surface area (Å²) in [5.41, 5.74) is 2.81. The van der Waals surface area contributed by atoms with Crippen molar-refractivity contribution in [1.29, 1.82) is 0 Å². The second-order valence-electron chi connectivity index (χ2n) is 7.73. The number of anilines is 1. The molecule has 4 aromatic rings. The van der Waals surface area contributed by atoms with E-state index >= 15 is 0 Å². The Bertz CT molecular complexity index is 1380. The average molecular weight is 437 g/mol. The van der Waals surface area contributed by atoms with E-state index in [-0.39, 0.29) is 6.73 Å². The van der Waals surface area contributed by atoms with Crippen molar-refractivity contribution in [2.24, 2.45) is 0 Å². The fraction of sp³-hybridized carbons (Fsp3) is 0.160. The Labute approximate surface area is 181 Å². The van der Waals surface area contributed by atoms with Gasteiger partial charge in [-0.05, 0) is 42.3 Å². The lowest BCUT2D eigenvalue weighted by Gasteiger charge is -2.32. The van der Waals surface area contributed by atoms with Crippen molar-refractivity contribution in [3.8, 4) is 16.9 Å². The fourth-order valence-corrected chi connectivity index (χ4v) is 4.12. The summed E-state index contributed by atoms with van der Waals surface area (Å²) in [6.07, 6.45) is -4.42. The minimum atomic E-state index is -4.42. The topological polar surface area (TPSA) is 42.7 Å². The van der Waals surface area contributed by atoms with Crippen LogP contribution in [0.4, 0.5) is 18.9 Å². The molecule has 0 fully saturated rings. The van der Waals surface area contributed by atoms with Gasteiger partial charge in [0, 0.05) is 34.8 Å². The first-order valence-electron chi connectivity index (χ1n) is 10.0. The maximum atomic E-state index is 13.2. The summed E-state index contributed by atoms with van der Waals surface area (Å²) in [6, 6.07) is 18.0. The highest BCUT2D eigenvalue weighted by Crippen LogP contribution is 2.39. The lowest BCUT2D eigenvalue weighted by molar-refractivity contribution is -0.137. The van der Waals surface area contributed by atoms with Crippen molar-refractivity contribution in [2.75, 3.05) is 11.6 Å². The lowest BCUT2D eigenvalue weighted by Crippen LogP contribution is -2.32. The first kappa shape index (κ1) is 20.2. The Morgan fingerprint density at radius 1 is 0.969 bits per heavy atom. The number of nitrogens with zero attached hydrogens (tertiary/aromatic N) is 1. The minimum Gasteiger partial charge on any atom is -0.472 e. The van der Waals surface area contributed by atoms with Crippen LogP contribution in [0.25, 0.3) is 22.1 Å². The van der Waals surface area contributed by atoms with Gasteiger partial charge in [-0.3, -0.25) is 0 Å². The van der Waals surface area contributed by atoms with Gasteiger partial charge < -0.3 is 14.1 Å². The zero-order chi connectivity index (χ0) is 22.5. The molecule has 0 N–H and O–H groups in total. The lowest BCUT2D eigenvalue weighted by atomic mass is 9.97. The summed E-state index contributed by atoms with van der Waals surface area (Å²) in [5.74, 6) is 0.592. The molecule has 32 heavy (non-hydrogen) atoms. The highest BCUT2D eigenvalue weighted by Gasteiger charge is 2.31. The van der Waals surface area contributed by atoms with Crippen LogP contribution in [0.5, 0.6) is 5.75 Å². The number of halogens is 3. The molecule has 2 heterocycles. The van der Waals surface area contributed by atoms with E-state index < -0.39 is 17.4 Å². The number of hydrogen-bond donors (Lipinski definition) is 0. The van der Waals surface area contributed by atoms with E-state index in [0.29, 0.717) is 29.1 Å². The van der Waals surface area contributed by atoms with Crippen LogP contribution in [-0.4, -0.2) is 6.73 Å². The molecule has 0 spiro atoms. The highest BCUT2D eigenvalue weighted by atomic mass is 19.4. The van der Waals surface area contributed by atoms with Gasteiger partial charge in [-0.2, -0.15) is 13.2 Å². The molecule has 0 saturated carbocycles. The third-order valence-electron chi connectivity index (χ3n) is 5.64. The van der Waals surface area contributed by atoms with Crippen LogP contribution in [0, 0.1) is 6.92 Å². The molecule has 0 atom stereocenters. The number of ether oxygens (including phenoxy) is 1. The Morgan fingerprint density at radius 2 is 1.75 bits per heavy atom. The van der Waals surface area contributed by atoms with Crippen molar-refractivity contribution >= 4 is 16.7 Å². The van der Waals surface area contributed by atoms with Gasteiger partial charge in [-0.15, -0.1) is 0 Å². The maximum Gasteiger partial charge on any atom is 0.416 e. The number of alkyl halides is 3. The largest absolute Gasteiger partial charge is 0.472 e. The van der Waals surface area contributed by atoms with E-state index in [9.17, 15) is 18.0 Å². The van der Waals surface area contributed by atoms with Gasteiger partial charge in [0.1, 0.15) is 11.3 Å². The summed E-state index contributed by atoms with van der Waals surface area (Å²) in [5, 5.41) is 0.751. The van der Waals surface area contributed by atoms with Crippen LogP contribution in [0.2, 0.25) is 0 Å². The molecule has 7 heteroatoms. The predicted molar refractivity (Wildman–Crippen MR) is 116 cm³/mol. The first-order valence-corrected chi connectivity index (χ1v) is 10.0. The number of fused-ring (bicyclic) bond motifs is 2. The van der Waals surface area contributed by atoms with Gasteiger partial charge in [-0.1, -0.05) is 36.4 Å². The van der Waals surface area contributed by atoms with Crippen molar-refractivity contribution in [3.05, 3.63) is 93.8 Å². The summed E-state index contributed by atoms with van der Waals surface area (Å²) in [6.45, 7) is 2.27. The van der Waals surface area contributed by atoms with Crippen LogP contribution < -0.4 is 15.3 Å². The van der Waals surface area contributed by atoms with E-state index in [1.54, 1.807) is 11.0 Å². The second-order valence-corrected chi connectivity index (χ2v) is 7.73. The van der Waals surface area contributed by atoms with Gasteiger partial charge in [0.2, 0.25) is 0 Å².